The number of unbranched alkanes of at least 4 members (excludes halogenated alkanes) is 15. The van der Waals surface area contributed by atoms with Crippen molar-refractivity contribution in [3.8, 4) is 0 Å². The number of hydrogen-bond donors (Lipinski definition) is 3. The van der Waals surface area contributed by atoms with Gasteiger partial charge >= 0.3 is 15.2 Å². The topological polar surface area (TPSA) is 104 Å². The van der Waals surface area contributed by atoms with Crippen molar-refractivity contribution in [1.29, 1.82) is 0 Å². The molecule has 0 aliphatic rings. The lowest BCUT2D eigenvalue weighted by Gasteiger charge is -2.26. The summed E-state index contributed by atoms with van der Waals surface area (Å²) in [6.07, 6.45) is 19.7. The Morgan fingerprint density at radius 2 is 0.966 bits per heavy atom. The predicted molar refractivity (Wildman–Crippen MR) is 128 cm³/mol. The summed E-state index contributed by atoms with van der Waals surface area (Å²) in [5.74, 6) is 0. The van der Waals surface area contributed by atoms with Crippen molar-refractivity contribution in [3.05, 3.63) is 0 Å². The summed E-state index contributed by atoms with van der Waals surface area (Å²) in [7, 11) is -9.42. The second kappa shape index (κ2) is 16.8. The molecule has 3 N–H and O–H groups in total. The predicted octanol–water partition coefficient (Wildman–Crippen LogP) is 8.03. The molecule has 10 heteroatoms. The lowest BCUT2D eigenvalue weighted by Crippen LogP contribution is -2.14. The van der Waals surface area contributed by atoms with E-state index in [4.69, 9.17) is 14.3 Å². The van der Waals surface area contributed by atoms with Gasteiger partial charge in [0.25, 0.3) is 2.72 Å². The van der Waals surface area contributed by atoms with Gasteiger partial charge in [-0.2, -0.15) is 0 Å². The normalized spacial score (nSPS) is 14.8. The van der Waals surface area contributed by atoms with Crippen molar-refractivity contribution in [2.45, 2.75) is 112 Å². The van der Waals surface area contributed by atoms with Crippen molar-refractivity contribution >= 4 is 47.1 Å². The van der Waals surface area contributed by atoms with Crippen LogP contribution in [0.15, 0.2) is 0 Å². The smallest absolute Gasteiger partial charge is 0.322 e. The molecule has 29 heavy (non-hydrogen) atoms. The first-order valence-corrected chi connectivity index (χ1v) is 15.7. The van der Waals surface area contributed by atoms with Gasteiger partial charge in [-0.25, -0.2) is 0 Å². The molecule has 0 aromatic heterocycles. The van der Waals surface area contributed by atoms with Gasteiger partial charge in [-0.1, -0.05) is 103 Å². The quantitative estimate of drug-likeness (QED) is 0.0759. The summed E-state index contributed by atoms with van der Waals surface area (Å²) in [4.78, 5) is 28.0. The monoisotopic (exact) mass is 584 g/mol. The number of hydrogen-bond acceptors (Lipinski definition) is 3. The molecule has 0 aliphatic heterocycles. The fourth-order valence-corrected chi connectivity index (χ4v) is 5.72. The van der Waals surface area contributed by atoms with Gasteiger partial charge in [0.15, 0.2) is 0 Å². The van der Waals surface area contributed by atoms with Crippen LogP contribution in [0.2, 0.25) is 0 Å². The zero-order valence-corrected chi connectivity index (χ0v) is 22.7. The fraction of sp³-hybridized carbons (Fsp3) is 1.00. The number of rotatable bonds is 20. The Labute approximate surface area is 193 Å². The minimum atomic E-state index is -4.89. The van der Waals surface area contributed by atoms with E-state index in [1.807, 2.05) is 0 Å². The Kier molecular flexibility index (Phi) is 17.6. The molecule has 0 aromatic carbocycles. The third kappa shape index (κ3) is 14.1. The van der Waals surface area contributed by atoms with Crippen LogP contribution in [0.4, 0.5) is 0 Å². The highest BCUT2D eigenvalue weighted by atomic mass is 79.9. The van der Waals surface area contributed by atoms with Crippen LogP contribution >= 0.6 is 47.1 Å². The van der Waals surface area contributed by atoms with Gasteiger partial charge in [0.2, 0.25) is 0 Å². The molecule has 0 aromatic rings. The van der Waals surface area contributed by atoms with Gasteiger partial charge in [0.05, 0.1) is 6.61 Å². The molecule has 0 spiro atoms. The van der Waals surface area contributed by atoms with Crippen molar-refractivity contribution in [2.24, 2.45) is 0 Å². The molecule has 0 rings (SSSR count). The summed E-state index contributed by atoms with van der Waals surface area (Å²) < 4.78 is 25.7. The SMILES string of the molecule is CCCCCCCCCCCCCCCCCCOP(=O)(O)C(Br)(Br)P(=O)(O)O. The fourth-order valence-electron chi connectivity index (χ4n) is 3.08. The van der Waals surface area contributed by atoms with E-state index < -0.39 is 17.9 Å². The molecule has 0 fully saturated rings. The molecule has 176 valence electrons. The summed E-state index contributed by atoms with van der Waals surface area (Å²) in [6.45, 7) is 2.24. The van der Waals surface area contributed by atoms with Crippen molar-refractivity contribution in [2.75, 3.05) is 6.61 Å². The van der Waals surface area contributed by atoms with Gasteiger partial charge < -0.3 is 19.2 Å². The van der Waals surface area contributed by atoms with Gasteiger partial charge in [0.1, 0.15) is 0 Å². The molecular weight excluding hydrogens is 546 g/mol. The molecule has 0 heterocycles. The van der Waals surface area contributed by atoms with E-state index in [1.165, 1.54) is 77.0 Å². The second-order valence-corrected chi connectivity index (χ2v) is 17.7. The number of alkyl halides is 2. The number of halogens is 2. The molecule has 0 amide bonds. The Morgan fingerprint density at radius 3 is 1.28 bits per heavy atom. The Bertz CT molecular complexity index is 499. The minimum absolute atomic E-state index is 0.00876. The van der Waals surface area contributed by atoms with Crippen molar-refractivity contribution in [3.63, 3.8) is 0 Å². The summed E-state index contributed by atoms with van der Waals surface area (Å²) in [5.41, 5.74) is 0. The van der Waals surface area contributed by atoms with Crippen LogP contribution in [0.25, 0.3) is 0 Å². The third-order valence-corrected chi connectivity index (χ3v) is 13.9. The first-order chi connectivity index (χ1) is 13.6. The lowest BCUT2D eigenvalue weighted by molar-refractivity contribution is 0.250. The van der Waals surface area contributed by atoms with Gasteiger partial charge in [-0.15, -0.1) is 0 Å². The highest BCUT2D eigenvalue weighted by Gasteiger charge is 2.58. The summed E-state index contributed by atoms with van der Waals surface area (Å²) in [5, 5.41) is 0. The molecule has 0 bridgehead atoms. The lowest BCUT2D eigenvalue weighted by atomic mass is 10.0. The average molecular weight is 586 g/mol. The van der Waals surface area contributed by atoms with E-state index in [9.17, 15) is 14.0 Å². The first-order valence-electron chi connectivity index (χ1n) is 11.0. The maximum absolute atomic E-state index is 12.0. The second-order valence-electron chi connectivity index (χ2n) is 7.71. The zero-order valence-electron chi connectivity index (χ0n) is 17.7. The van der Waals surface area contributed by atoms with E-state index in [2.05, 4.69) is 38.8 Å². The molecule has 1 unspecified atom stereocenters. The highest BCUT2D eigenvalue weighted by Crippen LogP contribution is 2.77. The Hall–Kier alpha value is 1.26. The molecule has 6 nitrogen and oxygen atoms in total. The van der Waals surface area contributed by atoms with Crippen molar-refractivity contribution in [1.82, 2.24) is 0 Å². The largest absolute Gasteiger partial charge is 0.367 e. The zero-order chi connectivity index (χ0) is 22.2. The van der Waals surface area contributed by atoms with Crippen LogP contribution in [-0.4, -0.2) is 24.0 Å². The van der Waals surface area contributed by atoms with Gasteiger partial charge in [-0.05, 0) is 38.3 Å². The minimum Gasteiger partial charge on any atom is -0.322 e. The van der Waals surface area contributed by atoms with Crippen LogP contribution < -0.4 is 0 Å². The van der Waals surface area contributed by atoms with Crippen LogP contribution in [0.5, 0.6) is 0 Å². The van der Waals surface area contributed by atoms with E-state index in [1.54, 1.807) is 0 Å². The van der Waals surface area contributed by atoms with E-state index in [0.29, 0.717) is 6.42 Å². The maximum Gasteiger partial charge on any atom is 0.367 e. The molecule has 0 saturated carbocycles. The Balaban J connectivity index is 3.48. The molecule has 0 saturated heterocycles. The van der Waals surface area contributed by atoms with Crippen LogP contribution in [-0.2, 0) is 13.7 Å². The van der Waals surface area contributed by atoms with Crippen LogP contribution in [0.1, 0.15) is 110 Å². The van der Waals surface area contributed by atoms with Gasteiger partial charge in [0, 0.05) is 0 Å². The summed E-state index contributed by atoms with van der Waals surface area (Å²) in [6, 6.07) is 0. The molecular formula is C19H40Br2O6P2. The average Bonchev–Trinajstić information content (AvgIpc) is 2.63. The van der Waals surface area contributed by atoms with Crippen LogP contribution in [0, 0.1) is 0 Å². The first kappa shape index (κ1) is 30.3. The summed E-state index contributed by atoms with van der Waals surface area (Å²) >= 11 is 5.18. The van der Waals surface area contributed by atoms with E-state index >= 15 is 0 Å². The molecule has 0 radical (unpaired) electrons. The van der Waals surface area contributed by atoms with E-state index in [0.717, 1.165) is 19.3 Å². The standard InChI is InChI=1S/C19H40Br2O6P2/c1-2-3-4-5-6-7-8-9-10-11-12-13-14-15-16-17-18-27-29(25,26)19(20,21)28(22,23)24/h2-18H2,1H3,(H,25,26)(H2,22,23,24). The van der Waals surface area contributed by atoms with E-state index in [-0.39, 0.29) is 6.61 Å². The van der Waals surface area contributed by atoms with Crippen molar-refractivity contribution < 1.29 is 28.3 Å². The molecule has 0 aliphatic carbocycles. The Morgan fingerprint density at radius 1 is 0.655 bits per heavy atom. The third-order valence-electron chi connectivity index (χ3n) is 4.95. The van der Waals surface area contributed by atoms with Gasteiger partial charge in [-0.3, -0.25) is 9.13 Å². The molecule has 1 atom stereocenters. The van der Waals surface area contributed by atoms with Crippen LogP contribution in [0.3, 0.4) is 0 Å². The maximum atomic E-state index is 12.0. The highest BCUT2D eigenvalue weighted by molar-refractivity contribution is 9.29.